The molecule has 0 unspecified atom stereocenters. The molecular formula is C10H14BrN3S. The summed E-state index contributed by atoms with van der Waals surface area (Å²) in [5, 5.41) is 8.43. The van der Waals surface area contributed by atoms with Crippen molar-refractivity contribution in [3.63, 3.8) is 0 Å². The molecule has 0 spiro atoms. The molecule has 0 aliphatic carbocycles. The molecule has 0 aliphatic heterocycles. The lowest BCUT2D eigenvalue weighted by Gasteiger charge is -2.09. The van der Waals surface area contributed by atoms with Crippen molar-refractivity contribution in [2.24, 2.45) is 4.99 Å². The summed E-state index contributed by atoms with van der Waals surface area (Å²) in [7, 11) is 1.75. The molecule has 0 saturated heterocycles. The molecule has 0 radical (unpaired) electrons. The Hall–Kier alpha value is -0.810. The number of thiophene rings is 1. The van der Waals surface area contributed by atoms with Crippen LogP contribution < -0.4 is 10.6 Å². The molecule has 15 heavy (non-hydrogen) atoms. The number of aliphatic imine (C=N–C) groups is 1. The summed E-state index contributed by atoms with van der Waals surface area (Å²) >= 11 is 5.11. The fraction of sp³-hybridized carbons (Fsp3) is 0.300. The van der Waals surface area contributed by atoms with Crippen molar-refractivity contribution < 1.29 is 0 Å². The molecule has 0 atom stereocenters. The second kappa shape index (κ2) is 6.63. The van der Waals surface area contributed by atoms with Gasteiger partial charge in [0.25, 0.3) is 0 Å². The van der Waals surface area contributed by atoms with Crippen molar-refractivity contribution in [3.05, 3.63) is 33.5 Å². The Morgan fingerprint density at radius 1 is 1.67 bits per heavy atom. The van der Waals surface area contributed by atoms with Crippen LogP contribution in [-0.2, 0) is 6.54 Å². The molecule has 0 aliphatic rings. The Kier molecular flexibility index (Phi) is 5.42. The zero-order valence-corrected chi connectivity index (χ0v) is 11.0. The SMILES string of the molecule is C=CCNC(=NC)NCc1csc(Br)c1. The van der Waals surface area contributed by atoms with E-state index < -0.39 is 0 Å². The van der Waals surface area contributed by atoms with E-state index in [1.165, 1.54) is 5.56 Å². The van der Waals surface area contributed by atoms with Gasteiger partial charge in [0.2, 0.25) is 0 Å². The second-order valence-electron chi connectivity index (χ2n) is 2.85. The highest BCUT2D eigenvalue weighted by Crippen LogP contribution is 2.20. The molecule has 0 aromatic carbocycles. The average Bonchev–Trinajstić information content (AvgIpc) is 2.65. The Bertz CT molecular complexity index is 346. The summed E-state index contributed by atoms with van der Waals surface area (Å²) in [4.78, 5) is 4.09. The molecule has 0 bridgehead atoms. The van der Waals surface area contributed by atoms with E-state index >= 15 is 0 Å². The van der Waals surface area contributed by atoms with Crippen LogP contribution in [0.4, 0.5) is 0 Å². The lowest BCUT2D eigenvalue weighted by atomic mass is 10.3. The molecule has 0 saturated carbocycles. The maximum Gasteiger partial charge on any atom is 0.191 e. The molecule has 0 fully saturated rings. The molecule has 1 heterocycles. The van der Waals surface area contributed by atoms with E-state index in [1.807, 2.05) is 0 Å². The maximum atomic E-state index is 4.09. The van der Waals surface area contributed by atoms with Gasteiger partial charge in [0.05, 0.1) is 3.79 Å². The van der Waals surface area contributed by atoms with Gasteiger partial charge in [0.1, 0.15) is 0 Å². The van der Waals surface area contributed by atoms with Gasteiger partial charge in [-0.25, -0.2) is 0 Å². The first-order valence-electron chi connectivity index (χ1n) is 4.54. The van der Waals surface area contributed by atoms with Crippen LogP contribution in [0.1, 0.15) is 5.56 Å². The standard InChI is InChI=1S/C10H14BrN3S/c1-3-4-13-10(12-2)14-6-8-5-9(11)15-7-8/h3,5,7H,1,4,6H2,2H3,(H2,12,13,14). The minimum Gasteiger partial charge on any atom is -0.353 e. The fourth-order valence-corrected chi connectivity index (χ4v) is 2.22. The highest BCUT2D eigenvalue weighted by molar-refractivity contribution is 9.11. The number of guanidine groups is 1. The Morgan fingerprint density at radius 2 is 2.47 bits per heavy atom. The fourth-order valence-electron chi connectivity index (χ4n) is 1.01. The Labute approximate surface area is 102 Å². The third-order valence-electron chi connectivity index (χ3n) is 1.72. The van der Waals surface area contributed by atoms with E-state index in [1.54, 1.807) is 24.5 Å². The van der Waals surface area contributed by atoms with Gasteiger partial charge in [-0.3, -0.25) is 4.99 Å². The summed E-state index contributed by atoms with van der Waals surface area (Å²) < 4.78 is 1.15. The zero-order valence-electron chi connectivity index (χ0n) is 8.59. The third-order valence-corrected chi connectivity index (χ3v) is 3.27. The number of nitrogens with zero attached hydrogens (tertiary/aromatic N) is 1. The molecule has 0 amide bonds. The van der Waals surface area contributed by atoms with Crippen molar-refractivity contribution in [2.75, 3.05) is 13.6 Å². The molecule has 2 N–H and O–H groups in total. The first-order chi connectivity index (χ1) is 7.26. The number of hydrogen-bond donors (Lipinski definition) is 2. The first-order valence-corrected chi connectivity index (χ1v) is 6.22. The summed E-state index contributed by atoms with van der Waals surface area (Å²) in [5.41, 5.74) is 1.24. The van der Waals surface area contributed by atoms with Gasteiger partial charge in [-0.15, -0.1) is 17.9 Å². The van der Waals surface area contributed by atoms with E-state index in [0.29, 0.717) is 6.54 Å². The van der Waals surface area contributed by atoms with Crippen molar-refractivity contribution in [1.29, 1.82) is 0 Å². The van der Waals surface area contributed by atoms with Gasteiger partial charge < -0.3 is 10.6 Å². The van der Waals surface area contributed by atoms with E-state index in [-0.39, 0.29) is 0 Å². The summed E-state index contributed by atoms with van der Waals surface area (Å²) in [5.74, 6) is 0.789. The number of nitrogens with one attached hydrogen (secondary N) is 2. The highest BCUT2D eigenvalue weighted by atomic mass is 79.9. The second-order valence-corrected chi connectivity index (χ2v) is 5.14. The van der Waals surface area contributed by atoms with Crippen molar-refractivity contribution >= 4 is 33.2 Å². The van der Waals surface area contributed by atoms with Crippen LogP contribution in [-0.4, -0.2) is 19.6 Å². The Morgan fingerprint density at radius 3 is 3.00 bits per heavy atom. The normalized spacial score (nSPS) is 11.2. The van der Waals surface area contributed by atoms with Crippen LogP contribution in [0.3, 0.4) is 0 Å². The van der Waals surface area contributed by atoms with Crippen LogP contribution in [0, 0.1) is 0 Å². The lowest BCUT2D eigenvalue weighted by molar-refractivity contribution is 0.850. The molecule has 1 aromatic heterocycles. The molecule has 1 rings (SSSR count). The summed E-state index contributed by atoms with van der Waals surface area (Å²) in [6, 6.07) is 2.10. The van der Waals surface area contributed by atoms with E-state index in [9.17, 15) is 0 Å². The van der Waals surface area contributed by atoms with Crippen LogP contribution in [0.25, 0.3) is 0 Å². The topological polar surface area (TPSA) is 36.4 Å². The summed E-state index contributed by atoms with van der Waals surface area (Å²) in [6.45, 7) is 5.13. The molecule has 3 nitrogen and oxygen atoms in total. The van der Waals surface area contributed by atoms with Gasteiger partial charge in [0.15, 0.2) is 5.96 Å². The number of hydrogen-bond acceptors (Lipinski definition) is 2. The van der Waals surface area contributed by atoms with Gasteiger partial charge in [-0.2, -0.15) is 0 Å². The first kappa shape index (κ1) is 12.3. The van der Waals surface area contributed by atoms with Gasteiger partial charge in [-0.05, 0) is 32.9 Å². The number of rotatable bonds is 4. The number of halogens is 1. The molecule has 82 valence electrons. The van der Waals surface area contributed by atoms with E-state index in [4.69, 9.17) is 0 Å². The molecule has 5 heteroatoms. The van der Waals surface area contributed by atoms with Gasteiger partial charge in [-0.1, -0.05) is 6.08 Å². The van der Waals surface area contributed by atoms with Crippen LogP contribution in [0.15, 0.2) is 32.9 Å². The van der Waals surface area contributed by atoms with Crippen molar-refractivity contribution in [1.82, 2.24) is 10.6 Å². The highest BCUT2D eigenvalue weighted by Gasteiger charge is 1.98. The van der Waals surface area contributed by atoms with Crippen molar-refractivity contribution in [2.45, 2.75) is 6.54 Å². The molecular weight excluding hydrogens is 274 g/mol. The average molecular weight is 288 g/mol. The summed E-state index contributed by atoms with van der Waals surface area (Å²) in [6.07, 6.45) is 1.80. The zero-order chi connectivity index (χ0) is 11.1. The monoisotopic (exact) mass is 287 g/mol. The minimum absolute atomic E-state index is 0.715. The smallest absolute Gasteiger partial charge is 0.191 e. The third kappa shape index (κ3) is 4.48. The van der Waals surface area contributed by atoms with E-state index in [2.05, 4.69) is 49.6 Å². The Balaban J connectivity index is 2.37. The van der Waals surface area contributed by atoms with Crippen molar-refractivity contribution in [3.8, 4) is 0 Å². The lowest BCUT2D eigenvalue weighted by Crippen LogP contribution is -2.36. The maximum absolute atomic E-state index is 4.09. The minimum atomic E-state index is 0.715. The predicted octanol–water partition coefficient (Wildman–Crippen LogP) is 2.36. The predicted molar refractivity (Wildman–Crippen MR) is 70.4 cm³/mol. The van der Waals surface area contributed by atoms with Crippen LogP contribution >= 0.6 is 27.3 Å². The quantitative estimate of drug-likeness (QED) is 0.507. The van der Waals surface area contributed by atoms with Gasteiger partial charge >= 0.3 is 0 Å². The van der Waals surface area contributed by atoms with E-state index in [0.717, 1.165) is 16.3 Å². The van der Waals surface area contributed by atoms with Crippen LogP contribution in [0.2, 0.25) is 0 Å². The van der Waals surface area contributed by atoms with Crippen LogP contribution in [0.5, 0.6) is 0 Å². The largest absolute Gasteiger partial charge is 0.353 e. The van der Waals surface area contributed by atoms with Gasteiger partial charge in [0, 0.05) is 20.1 Å². The molecule has 1 aromatic rings.